The molecular formula is C25H31N5. The summed E-state index contributed by atoms with van der Waals surface area (Å²) in [5, 5.41) is 11.3. The summed E-state index contributed by atoms with van der Waals surface area (Å²) in [5.74, 6) is 0.863. The van der Waals surface area contributed by atoms with Gasteiger partial charge in [0.25, 0.3) is 0 Å². The van der Waals surface area contributed by atoms with Crippen LogP contribution >= 0.6 is 0 Å². The predicted octanol–water partition coefficient (Wildman–Crippen LogP) is 4.78. The summed E-state index contributed by atoms with van der Waals surface area (Å²) in [5.41, 5.74) is 6.38. The number of anilines is 1. The fourth-order valence-electron chi connectivity index (χ4n) is 3.30. The molecule has 0 spiro atoms. The number of H-pyrrole nitrogens is 1. The largest absolute Gasteiger partial charge is 0.368 e. The van der Waals surface area contributed by atoms with Crippen LogP contribution in [0.4, 0.5) is 5.82 Å². The summed E-state index contributed by atoms with van der Waals surface area (Å²) in [4.78, 5) is 7.22. The molecule has 0 amide bonds. The third-order valence-electron chi connectivity index (χ3n) is 4.96. The Morgan fingerprint density at radius 3 is 2.27 bits per heavy atom. The average Bonchev–Trinajstić information content (AvgIpc) is 2.79. The van der Waals surface area contributed by atoms with Crippen LogP contribution in [0.5, 0.6) is 0 Å². The molecule has 0 fully saturated rings. The number of hydrogen-bond donors (Lipinski definition) is 2. The molecular weight excluding hydrogens is 370 g/mol. The van der Waals surface area contributed by atoms with Crippen LogP contribution < -0.4 is 5.32 Å². The van der Waals surface area contributed by atoms with E-state index in [0.29, 0.717) is 0 Å². The van der Waals surface area contributed by atoms with Crippen molar-refractivity contribution in [1.29, 1.82) is 0 Å². The van der Waals surface area contributed by atoms with Gasteiger partial charge in [-0.25, -0.2) is 4.98 Å². The molecule has 2 aromatic carbocycles. The predicted molar refractivity (Wildman–Crippen MR) is 125 cm³/mol. The van der Waals surface area contributed by atoms with Gasteiger partial charge < -0.3 is 10.2 Å². The zero-order valence-corrected chi connectivity index (χ0v) is 18.3. The molecule has 5 heteroatoms. The van der Waals surface area contributed by atoms with Gasteiger partial charge in [-0.15, -0.1) is 0 Å². The topological polar surface area (TPSA) is 56.8 Å². The molecule has 1 heterocycles. The van der Waals surface area contributed by atoms with Crippen molar-refractivity contribution in [1.82, 2.24) is 20.1 Å². The second kappa shape index (κ2) is 10.6. The second-order valence-electron chi connectivity index (χ2n) is 7.70. The lowest BCUT2D eigenvalue weighted by Gasteiger charge is -2.14. The summed E-state index contributed by atoms with van der Waals surface area (Å²) >= 11 is 0. The van der Waals surface area contributed by atoms with Gasteiger partial charge in [0, 0.05) is 36.5 Å². The molecule has 5 nitrogen and oxygen atoms in total. The quantitative estimate of drug-likeness (QED) is 0.598. The minimum Gasteiger partial charge on any atom is -0.368 e. The van der Waals surface area contributed by atoms with E-state index in [1.54, 1.807) is 0 Å². The minimum atomic E-state index is 0.784. The van der Waals surface area contributed by atoms with E-state index in [1.807, 2.05) is 37.4 Å². The number of nitrogens with one attached hydrogen (secondary N) is 2. The van der Waals surface area contributed by atoms with E-state index in [9.17, 15) is 0 Å². The molecule has 0 aliphatic carbocycles. The Morgan fingerprint density at radius 1 is 0.933 bits per heavy atom. The van der Waals surface area contributed by atoms with Gasteiger partial charge >= 0.3 is 0 Å². The molecule has 0 aliphatic rings. The molecule has 3 aromatic rings. The van der Waals surface area contributed by atoms with Crippen LogP contribution in [-0.4, -0.2) is 47.3 Å². The van der Waals surface area contributed by atoms with Crippen LogP contribution in [0.1, 0.15) is 22.5 Å². The molecule has 3 rings (SSSR count). The van der Waals surface area contributed by atoms with Gasteiger partial charge in [0.2, 0.25) is 0 Å². The van der Waals surface area contributed by atoms with Crippen molar-refractivity contribution in [2.75, 3.05) is 32.5 Å². The molecule has 156 valence electrons. The first kappa shape index (κ1) is 21.5. The van der Waals surface area contributed by atoms with Crippen LogP contribution in [0.3, 0.4) is 0 Å². The van der Waals surface area contributed by atoms with E-state index < -0.39 is 0 Å². The van der Waals surface area contributed by atoms with Crippen molar-refractivity contribution in [2.24, 2.45) is 0 Å². The van der Waals surface area contributed by atoms with E-state index in [1.165, 1.54) is 5.56 Å². The first-order chi connectivity index (χ1) is 14.5. The summed E-state index contributed by atoms with van der Waals surface area (Å²) in [6.07, 6.45) is 2.67. The van der Waals surface area contributed by atoms with E-state index in [0.717, 1.165) is 53.4 Å². The van der Waals surface area contributed by atoms with Crippen molar-refractivity contribution in [2.45, 2.75) is 20.3 Å². The summed E-state index contributed by atoms with van der Waals surface area (Å²) < 4.78 is 0. The minimum absolute atomic E-state index is 0.784. The molecule has 0 saturated heterocycles. The highest BCUT2D eigenvalue weighted by Crippen LogP contribution is 2.28. The fourth-order valence-corrected chi connectivity index (χ4v) is 3.30. The molecule has 0 unspecified atom stereocenters. The van der Waals surface area contributed by atoms with Gasteiger partial charge in [0.05, 0.1) is 6.20 Å². The van der Waals surface area contributed by atoms with E-state index in [-0.39, 0.29) is 0 Å². The lowest BCUT2D eigenvalue weighted by molar-refractivity contribution is 0.425. The van der Waals surface area contributed by atoms with E-state index in [2.05, 4.69) is 77.8 Å². The average molecular weight is 402 g/mol. The number of benzene rings is 2. The Balaban J connectivity index is 2.13. The van der Waals surface area contributed by atoms with Crippen molar-refractivity contribution in [3.05, 3.63) is 89.4 Å². The lowest BCUT2D eigenvalue weighted by Crippen LogP contribution is -2.21. The van der Waals surface area contributed by atoms with Crippen molar-refractivity contribution >= 4 is 5.82 Å². The zero-order valence-electron chi connectivity index (χ0n) is 18.3. The van der Waals surface area contributed by atoms with Crippen molar-refractivity contribution in [3.8, 4) is 11.1 Å². The maximum atomic E-state index is 5.06. The Morgan fingerprint density at radius 2 is 1.60 bits per heavy atom. The molecule has 0 radical (unpaired) electrons. The third-order valence-corrected chi connectivity index (χ3v) is 4.96. The number of rotatable bonds is 7. The first-order valence-electron chi connectivity index (χ1n) is 10.3. The van der Waals surface area contributed by atoms with Gasteiger partial charge in [-0.2, -0.15) is 5.10 Å². The number of nitrogens with zero attached hydrogens (tertiary/aromatic N) is 3. The molecule has 30 heavy (non-hydrogen) atoms. The summed E-state index contributed by atoms with van der Waals surface area (Å²) in [6.45, 7) is 5.82. The number of aromatic amines is 1. The number of aromatic nitrogens is 3. The van der Waals surface area contributed by atoms with Crippen molar-refractivity contribution in [3.63, 3.8) is 0 Å². The SMILES string of the molecule is Cc1nc(NCCN(C)C)c(-c2ccccc2)c(C)[nH]ncc1Cc1ccccc1. The number of aryl methyl sites for hydroxylation is 2. The molecule has 0 saturated carbocycles. The summed E-state index contributed by atoms with van der Waals surface area (Å²) in [6, 6.07) is 20.8. The maximum Gasteiger partial charge on any atom is 0.136 e. The Bertz CT molecular complexity index is 993. The third kappa shape index (κ3) is 5.91. The van der Waals surface area contributed by atoms with Gasteiger partial charge in [0.15, 0.2) is 0 Å². The van der Waals surface area contributed by atoms with Crippen LogP contribution in [0.2, 0.25) is 0 Å². The van der Waals surface area contributed by atoms with Gasteiger partial charge in [-0.1, -0.05) is 60.7 Å². The standard InChI is InChI=1S/C25H31N5/c1-19-23(17-21-11-7-5-8-12-21)18-27-29-20(2)24(22-13-9-6-10-14-22)25(28-19)26-15-16-30(3)4/h5-14,18,29H,15-17H2,1-4H3,(H,26,28). The second-order valence-corrected chi connectivity index (χ2v) is 7.70. The van der Waals surface area contributed by atoms with E-state index >= 15 is 0 Å². The van der Waals surface area contributed by atoms with Crippen molar-refractivity contribution < 1.29 is 0 Å². The lowest BCUT2D eigenvalue weighted by atomic mass is 10.0. The van der Waals surface area contributed by atoms with Gasteiger partial charge in [-0.05, 0) is 44.6 Å². The summed E-state index contributed by atoms with van der Waals surface area (Å²) in [7, 11) is 4.15. The smallest absolute Gasteiger partial charge is 0.136 e. The maximum absolute atomic E-state index is 5.06. The highest BCUT2D eigenvalue weighted by atomic mass is 15.1. The van der Waals surface area contributed by atoms with Crippen LogP contribution in [0, 0.1) is 13.8 Å². The monoisotopic (exact) mass is 401 g/mol. The highest BCUT2D eigenvalue weighted by molar-refractivity contribution is 5.76. The molecule has 0 atom stereocenters. The van der Waals surface area contributed by atoms with E-state index in [4.69, 9.17) is 4.98 Å². The van der Waals surface area contributed by atoms with Crippen LogP contribution in [0.25, 0.3) is 11.1 Å². The highest BCUT2D eigenvalue weighted by Gasteiger charge is 2.10. The first-order valence-corrected chi connectivity index (χ1v) is 10.3. The zero-order chi connectivity index (χ0) is 21.3. The van der Waals surface area contributed by atoms with Gasteiger partial charge in [-0.3, -0.25) is 5.10 Å². The fraction of sp³-hybridized carbons (Fsp3) is 0.280. The number of hydrogen-bond acceptors (Lipinski definition) is 4. The Hall–Kier alpha value is -3.18. The normalized spacial score (nSPS) is 10.7. The molecule has 0 bridgehead atoms. The Labute approximate surface area is 179 Å². The van der Waals surface area contributed by atoms with Gasteiger partial charge in [0.1, 0.15) is 5.82 Å². The Kier molecular flexibility index (Phi) is 7.57. The molecule has 0 aliphatic heterocycles. The number of likely N-dealkylation sites (N-methyl/N-ethyl adjacent to an activating group) is 1. The van der Waals surface area contributed by atoms with Crippen LogP contribution in [0.15, 0.2) is 66.9 Å². The molecule has 2 N–H and O–H groups in total. The molecule has 1 aromatic heterocycles. The van der Waals surface area contributed by atoms with Crippen LogP contribution in [-0.2, 0) is 6.42 Å².